The van der Waals surface area contributed by atoms with Gasteiger partial charge in [0.2, 0.25) is 0 Å². The number of hydrogen-bond acceptors (Lipinski definition) is 6. The van der Waals surface area contributed by atoms with Crippen molar-refractivity contribution in [2.45, 2.75) is 19.3 Å². The molecule has 0 atom stereocenters. The fraction of sp³-hybridized carbons (Fsp3) is 0.400. The summed E-state index contributed by atoms with van der Waals surface area (Å²) in [4.78, 5) is 6.41. The maximum atomic E-state index is 14.0. The summed E-state index contributed by atoms with van der Waals surface area (Å²) in [5, 5.41) is 3.69. The summed E-state index contributed by atoms with van der Waals surface area (Å²) >= 11 is 0. The molecule has 35 heavy (non-hydrogen) atoms. The van der Waals surface area contributed by atoms with E-state index >= 15 is 0 Å². The summed E-state index contributed by atoms with van der Waals surface area (Å²) in [6.07, 6.45) is 0.0911. The number of nitrogens with one attached hydrogen (secondary N) is 1. The molecule has 0 aliphatic carbocycles. The van der Waals surface area contributed by atoms with E-state index in [0.717, 1.165) is 0 Å². The minimum Gasteiger partial charge on any atom is -0.489 e. The number of fused-ring (bicyclic) bond motifs is 3. The van der Waals surface area contributed by atoms with Gasteiger partial charge in [-0.2, -0.15) is 0 Å². The predicted molar refractivity (Wildman–Crippen MR) is 126 cm³/mol. The van der Waals surface area contributed by atoms with Crippen molar-refractivity contribution in [1.82, 2.24) is 4.98 Å². The Morgan fingerprint density at radius 3 is 2.37 bits per heavy atom. The van der Waals surface area contributed by atoms with Crippen molar-refractivity contribution in [3.05, 3.63) is 53.3 Å². The lowest BCUT2D eigenvalue weighted by atomic mass is 10.1. The normalized spacial score (nSPS) is 14.4. The van der Waals surface area contributed by atoms with Gasteiger partial charge in [0.25, 0.3) is 5.91 Å². The van der Waals surface area contributed by atoms with Gasteiger partial charge in [0, 0.05) is 23.7 Å². The average Bonchev–Trinajstić information content (AvgIpc) is 3.19. The maximum Gasteiger partial charge on any atom is 0.260 e. The van der Waals surface area contributed by atoms with Gasteiger partial charge in [-0.05, 0) is 36.8 Å². The summed E-state index contributed by atoms with van der Waals surface area (Å²) in [5.74, 6) is -1.19. The first-order valence-corrected chi connectivity index (χ1v) is 11.3. The average molecular weight is 494 g/mol. The minimum atomic E-state index is -1.61. The maximum absolute atomic E-state index is 14.0. The van der Waals surface area contributed by atoms with Crippen LogP contribution in [0.3, 0.4) is 0 Å². The third-order valence-corrected chi connectivity index (χ3v) is 5.79. The lowest BCUT2D eigenvalue weighted by Crippen LogP contribution is -2.50. The molecule has 3 aromatic rings. The summed E-state index contributed by atoms with van der Waals surface area (Å²) in [6, 6.07) is 9.48. The number of alkyl halides is 3. The Morgan fingerprint density at radius 2 is 1.74 bits per heavy atom. The number of para-hydroxylation sites is 1. The van der Waals surface area contributed by atoms with E-state index in [1.165, 1.54) is 12.1 Å². The van der Waals surface area contributed by atoms with E-state index in [2.05, 4.69) is 5.32 Å². The molecule has 1 aromatic heterocycles. The highest BCUT2D eigenvalue weighted by Gasteiger charge is 2.50. The van der Waals surface area contributed by atoms with Crippen molar-refractivity contribution in [1.29, 1.82) is 0 Å². The number of hydrogen-bond donors (Lipinski definition) is 1. The fourth-order valence-corrected chi connectivity index (χ4v) is 4.49. The van der Waals surface area contributed by atoms with Gasteiger partial charge in [0.1, 0.15) is 49.5 Å². The molecule has 1 aliphatic heterocycles. The molecule has 0 radical (unpaired) electrons. The molecule has 0 spiro atoms. The number of rotatable bonds is 11. The van der Waals surface area contributed by atoms with Gasteiger partial charge in [0.15, 0.2) is 0 Å². The molecule has 0 bridgehead atoms. The molecule has 0 saturated heterocycles. The Bertz CT molecular complexity index is 1190. The molecule has 0 saturated carbocycles. The Labute approximate surface area is 200 Å². The highest BCUT2D eigenvalue weighted by Crippen LogP contribution is 2.52. The molecular formula is C25H27F4N3O3. The van der Waals surface area contributed by atoms with Crippen LogP contribution >= 0.6 is 0 Å². The second-order valence-electron chi connectivity index (χ2n) is 7.96. The zero-order chi connectivity index (χ0) is 25.0. The van der Waals surface area contributed by atoms with Crippen molar-refractivity contribution >= 4 is 28.1 Å². The third kappa shape index (κ3) is 4.60. The van der Waals surface area contributed by atoms with E-state index in [0.29, 0.717) is 45.0 Å². The fourth-order valence-electron chi connectivity index (χ4n) is 4.49. The molecule has 0 fully saturated rings. The van der Waals surface area contributed by atoms with E-state index < -0.39 is 31.8 Å². The number of aromatic nitrogens is 1. The molecular weight excluding hydrogens is 466 g/mol. The summed E-state index contributed by atoms with van der Waals surface area (Å²) in [7, 11) is 1.69. The molecule has 2 aromatic carbocycles. The van der Waals surface area contributed by atoms with Gasteiger partial charge in [0.05, 0.1) is 25.3 Å². The smallest absolute Gasteiger partial charge is 0.260 e. The number of benzene rings is 2. The van der Waals surface area contributed by atoms with Crippen LogP contribution in [-0.4, -0.2) is 57.8 Å². The van der Waals surface area contributed by atoms with E-state index in [4.69, 9.17) is 19.2 Å². The van der Waals surface area contributed by atoms with Crippen molar-refractivity contribution in [2.24, 2.45) is 0 Å². The highest BCUT2D eigenvalue weighted by atomic mass is 19.1. The second-order valence-corrected chi connectivity index (χ2v) is 7.96. The van der Waals surface area contributed by atoms with Gasteiger partial charge < -0.3 is 19.5 Å². The monoisotopic (exact) mass is 493 g/mol. The van der Waals surface area contributed by atoms with Gasteiger partial charge >= 0.3 is 0 Å². The Morgan fingerprint density at radius 1 is 1.03 bits per heavy atom. The number of halogens is 4. The molecule has 10 heteroatoms. The van der Waals surface area contributed by atoms with Crippen LogP contribution in [0.1, 0.15) is 11.1 Å². The van der Waals surface area contributed by atoms with E-state index in [1.54, 1.807) is 37.1 Å². The summed E-state index contributed by atoms with van der Waals surface area (Å²) < 4.78 is 71.0. The lowest BCUT2D eigenvalue weighted by molar-refractivity contribution is -0.229. The summed E-state index contributed by atoms with van der Waals surface area (Å²) in [6.45, 7) is -1.26. The lowest BCUT2D eigenvalue weighted by Gasteiger charge is -2.40. The van der Waals surface area contributed by atoms with Gasteiger partial charge in [-0.25, -0.2) is 22.5 Å². The van der Waals surface area contributed by atoms with Gasteiger partial charge in [-0.15, -0.1) is 0 Å². The van der Waals surface area contributed by atoms with Gasteiger partial charge in [-0.3, -0.25) is 4.90 Å². The topological polar surface area (TPSA) is 55.9 Å². The van der Waals surface area contributed by atoms with Crippen LogP contribution in [0.4, 0.5) is 34.8 Å². The Hall–Kier alpha value is -3.11. The summed E-state index contributed by atoms with van der Waals surface area (Å²) in [5.41, 5.74) is 2.85. The molecule has 6 nitrogen and oxygen atoms in total. The molecule has 1 aliphatic rings. The standard InChI is InChI=1S/C25H27F4N3O3/c1-16-14-17(29)6-7-20(16)32-23-18-4-3-5-21(33-11-8-26)22(18)31-24(30-2)19(23)15-25(32,34-12-9-27)35-13-10-28/h3-7,14H,8-13,15H2,1-2H3,(H,30,31). The Kier molecular flexibility index (Phi) is 7.61. The van der Waals surface area contributed by atoms with Crippen molar-refractivity contribution in [2.75, 3.05) is 57.1 Å². The Balaban J connectivity index is 2.03. The molecule has 0 unspecified atom stereocenters. The molecule has 188 valence electrons. The zero-order valence-corrected chi connectivity index (χ0v) is 19.5. The van der Waals surface area contributed by atoms with Crippen molar-refractivity contribution in [3.8, 4) is 5.75 Å². The molecule has 1 N–H and O–H groups in total. The number of pyridine rings is 1. The van der Waals surface area contributed by atoms with E-state index in [1.807, 2.05) is 6.07 Å². The van der Waals surface area contributed by atoms with E-state index in [9.17, 15) is 17.6 Å². The third-order valence-electron chi connectivity index (χ3n) is 5.79. The largest absolute Gasteiger partial charge is 0.489 e. The quantitative estimate of drug-likeness (QED) is 0.286. The van der Waals surface area contributed by atoms with Crippen LogP contribution in [0.5, 0.6) is 5.75 Å². The van der Waals surface area contributed by atoms with Crippen LogP contribution in [0.25, 0.3) is 10.9 Å². The van der Waals surface area contributed by atoms with Crippen LogP contribution < -0.4 is 15.0 Å². The minimum absolute atomic E-state index is 0.0911. The van der Waals surface area contributed by atoms with E-state index in [-0.39, 0.29) is 26.2 Å². The number of nitrogens with zero attached hydrogens (tertiary/aromatic N) is 2. The number of ether oxygens (including phenoxy) is 3. The SMILES string of the molecule is CNc1nc2c(OCCF)cccc2c2c1CC(OCCF)(OCCF)N2c1ccc(F)cc1C. The van der Waals surface area contributed by atoms with Crippen LogP contribution in [-0.2, 0) is 15.9 Å². The van der Waals surface area contributed by atoms with Crippen molar-refractivity contribution in [3.63, 3.8) is 0 Å². The van der Waals surface area contributed by atoms with Crippen LogP contribution in [0.15, 0.2) is 36.4 Å². The molecule has 0 amide bonds. The van der Waals surface area contributed by atoms with Gasteiger partial charge in [-0.1, -0.05) is 12.1 Å². The van der Waals surface area contributed by atoms with Crippen molar-refractivity contribution < 1.29 is 31.8 Å². The molecule has 2 heterocycles. The zero-order valence-electron chi connectivity index (χ0n) is 19.5. The highest BCUT2D eigenvalue weighted by molar-refractivity contribution is 6.02. The first-order chi connectivity index (χ1) is 17.0. The first-order valence-electron chi connectivity index (χ1n) is 11.3. The van der Waals surface area contributed by atoms with Crippen LogP contribution in [0, 0.1) is 12.7 Å². The first kappa shape index (κ1) is 25.0. The van der Waals surface area contributed by atoms with Crippen LogP contribution in [0.2, 0.25) is 0 Å². The second kappa shape index (κ2) is 10.7. The molecule has 4 rings (SSSR count). The predicted octanol–water partition coefficient (Wildman–Crippen LogP) is 5.39. The number of anilines is 3. The number of aryl methyl sites for hydroxylation is 1.